The number of carbonyl (C=O) groups excluding carboxylic acids is 1. The fourth-order valence-corrected chi connectivity index (χ4v) is 3.33. The number of piperidine rings is 1. The second-order valence-corrected chi connectivity index (χ2v) is 6.75. The molecule has 1 aliphatic rings. The normalized spacial score (nSPS) is 16.5. The van der Waals surface area contributed by atoms with E-state index in [2.05, 4.69) is 6.92 Å². The third kappa shape index (κ3) is 4.40. The Bertz CT molecular complexity index is 692. The van der Waals surface area contributed by atoms with E-state index in [0.717, 1.165) is 42.8 Å². The van der Waals surface area contributed by atoms with Crippen LogP contribution in [0.15, 0.2) is 54.6 Å². The Labute approximate surface area is 149 Å². The molecule has 1 saturated heterocycles. The monoisotopic (exact) mass is 338 g/mol. The van der Waals surface area contributed by atoms with Gasteiger partial charge in [-0.25, -0.2) is 0 Å². The highest BCUT2D eigenvalue weighted by Gasteiger charge is 2.26. The van der Waals surface area contributed by atoms with E-state index in [1.54, 1.807) is 0 Å². The number of carbonyl (C=O) groups is 1. The van der Waals surface area contributed by atoms with Crippen LogP contribution in [0.4, 0.5) is 0 Å². The summed E-state index contributed by atoms with van der Waals surface area (Å²) in [5.74, 6) is 1.42. The molecule has 0 radical (unpaired) electrons. The minimum Gasteiger partial charge on any atom is -0.489 e. The Hall–Kier alpha value is -2.33. The van der Waals surface area contributed by atoms with Crippen molar-refractivity contribution in [2.45, 2.75) is 32.4 Å². The molecule has 2 aromatic carbocycles. The maximum absolute atomic E-state index is 12.9. The quantitative estimate of drug-likeness (QED) is 0.908. The van der Waals surface area contributed by atoms with Crippen molar-refractivity contribution in [3.63, 3.8) is 0 Å². The van der Waals surface area contributed by atoms with Crippen LogP contribution < -0.4 is 10.5 Å². The van der Waals surface area contributed by atoms with Gasteiger partial charge < -0.3 is 15.4 Å². The van der Waals surface area contributed by atoms with Crippen LogP contribution in [0.25, 0.3) is 0 Å². The van der Waals surface area contributed by atoms with Crippen LogP contribution in [-0.2, 0) is 6.61 Å². The molecule has 1 aliphatic heterocycles. The maximum Gasteiger partial charge on any atom is 0.254 e. The van der Waals surface area contributed by atoms with Gasteiger partial charge in [-0.2, -0.15) is 0 Å². The van der Waals surface area contributed by atoms with Crippen LogP contribution >= 0.6 is 0 Å². The average Bonchev–Trinajstić information content (AvgIpc) is 2.67. The zero-order valence-electron chi connectivity index (χ0n) is 14.7. The van der Waals surface area contributed by atoms with Crippen molar-refractivity contribution >= 4 is 5.91 Å². The molecule has 2 N–H and O–H groups in total. The Morgan fingerprint density at radius 1 is 1.12 bits per heavy atom. The van der Waals surface area contributed by atoms with Gasteiger partial charge in [0.1, 0.15) is 12.4 Å². The Kier molecular flexibility index (Phi) is 5.71. The Morgan fingerprint density at radius 2 is 1.76 bits per heavy atom. The third-order valence-electron chi connectivity index (χ3n) is 4.96. The van der Waals surface area contributed by atoms with Crippen molar-refractivity contribution in [1.82, 2.24) is 4.90 Å². The lowest BCUT2D eigenvalue weighted by Gasteiger charge is -2.34. The Balaban J connectivity index is 1.67. The SMILES string of the molecule is CC(N)C1CCN(C(=O)c2ccccc2COc2ccccc2)CC1. The lowest BCUT2D eigenvalue weighted by atomic mass is 9.90. The summed E-state index contributed by atoms with van der Waals surface area (Å²) in [5.41, 5.74) is 7.65. The number of benzene rings is 2. The van der Waals surface area contributed by atoms with Gasteiger partial charge in [-0.15, -0.1) is 0 Å². The molecule has 4 nitrogen and oxygen atoms in total. The smallest absolute Gasteiger partial charge is 0.254 e. The summed E-state index contributed by atoms with van der Waals surface area (Å²) >= 11 is 0. The molecule has 1 fully saturated rings. The zero-order chi connectivity index (χ0) is 17.6. The van der Waals surface area contributed by atoms with Crippen molar-refractivity contribution in [3.8, 4) is 5.75 Å². The molecule has 0 aromatic heterocycles. The molecule has 132 valence electrons. The predicted molar refractivity (Wildman–Crippen MR) is 99.5 cm³/mol. The van der Waals surface area contributed by atoms with Crippen molar-refractivity contribution in [3.05, 3.63) is 65.7 Å². The van der Waals surface area contributed by atoms with E-state index in [1.807, 2.05) is 59.5 Å². The van der Waals surface area contributed by atoms with Gasteiger partial charge in [0, 0.05) is 30.3 Å². The number of nitrogens with zero attached hydrogens (tertiary/aromatic N) is 1. The number of hydrogen-bond acceptors (Lipinski definition) is 3. The first-order valence-corrected chi connectivity index (χ1v) is 8.96. The van der Waals surface area contributed by atoms with E-state index in [9.17, 15) is 4.79 Å². The number of para-hydroxylation sites is 1. The second-order valence-electron chi connectivity index (χ2n) is 6.75. The summed E-state index contributed by atoms with van der Waals surface area (Å²) in [6.45, 7) is 4.00. The largest absolute Gasteiger partial charge is 0.489 e. The fraction of sp³-hybridized carbons (Fsp3) is 0.381. The number of ether oxygens (including phenoxy) is 1. The van der Waals surface area contributed by atoms with Gasteiger partial charge in [0.05, 0.1) is 0 Å². The lowest BCUT2D eigenvalue weighted by Crippen LogP contribution is -2.42. The van der Waals surface area contributed by atoms with Gasteiger partial charge in [-0.05, 0) is 43.9 Å². The topological polar surface area (TPSA) is 55.6 Å². The maximum atomic E-state index is 12.9. The predicted octanol–water partition coefficient (Wildman–Crippen LogP) is 3.47. The third-order valence-corrected chi connectivity index (χ3v) is 4.96. The molecule has 1 atom stereocenters. The first-order chi connectivity index (χ1) is 12.1. The van der Waals surface area contributed by atoms with Crippen molar-refractivity contribution in [2.24, 2.45) is 11.7 Å². The molecule has 1 unspecified atom stereocenters. The second kappa shape index (κ2) is 8.17. The summed E-state index contributed by atoms with van der Waals surface area (Å²) in [5, 5.41) is 0. The van der Waals surface area contributed by atoms with Gasteiger partial charge in [0.2, 0.25) is 0 Å². The summed E-state index contributed by atoms with van der Waals surface area (Å²) in [4.78, 5) is 14.9. The summed E-state index contributed by atoms with van der Waals surface area (Å²) in [7, 11) is 0. The fourth-order valence-electron chi connectivity index (χ4n) is 3.33. The summed E-state index contributed by atoms with van der Waals surface area (Å²) < 4.78 is 5.83. The van der Waals surface area contributed by atoms with Crippen molar-refractivity contribution in [1.29, 1.82) is 0 Å². The summed E-state index contributed by atoms with van der Waals surface area (Å²) in [6, 6.07) is 17.6. The van der Waals surface area contributed by atoms with Crippen molar-refractivity contribution in [2.75, 3.05) is 13.1 Å². The first kappa shape index (κ1) is 17.5. The molecule has 25 heavy (non-hydrogen) atoms. The highest BCUT2D eigenvalue weighted by Crippen LogP contribution is 2.22. The molecule has 0 aliphatic carbocycles. The van der Waals surface area contributed by atoms with E-state index in [-0.39, 0.29) is 11.9 Å². The van der Waals surface area contributed by atoms with Crippen LogP contribution in [0.2, 0.25) is 0 Å². The molecule has 1 amide bonds. The van der Waals surface area contributed by atoms with Crippen LogP contribution in [0.1, 0.15) is 35.7 Å². The molecule has 0 spiro atoms. The first-order valence-electron chi connectivity index (χ1n) is 8.96. The van der Waals surface area contributed by atoms with Gasteiger partial charge in [0.25, 0.3) is 5.91 Å². The van der Waals surface area contributed by atoms with Crippen LogP contribution in [-0.4, -0.2) is 29.9 Å². The van der Waals surface area contributed by atoms with E-state index in [4.69, 9.17) is 10.5 Å². The molecule has 0 saturated carbocycles. The number of likely N-dealkylation sites (tertiary alicyclic amines) is 1. The highest BCUT2D eigenvalue weighted by atomic mass is 16.5. The van der Waals surface area contributed by atoms with Gasteiger partial charge in [-0.1, -0.05) is 36.4 Å². The molecule has 3 rings (SSSR count). The van der Waals surface area contributed by atoms with E-state index >= 15 is 0 Å². The molecule has 4 heteroatoms. The molecular weight excluding hydrogens is 312 g/mol. The highest BCUT2D eigenvalue weighted by molar-refractivity contribution is 5.95. The van der Waals surface area contributed by atoms with Crippen LogP contribution in [0, 0.1) is 5.92 Å². The molecule has 1 heterocycles. The van der Waals surface area contributed by atoms with Crippen LogP contribution in [0.5, 0.6) is 5.75 Å². The standard InChI is InChI=1S/C21H26N2O2/c1-16(22)17-11-13-23(14-12-17)21(24)20-10-6-5-7-18(20)15-25-19-8-3-2-4-9-19/h2-10,16-17H,11-15,22H2,1H3. The van der Waals surface area contributed by atoms with E-state index in [1.165, 1.54) is 0 Å². The van der Waals surface area contributed by atoms with Gasteiger partial charge >= 0.3 is 0 Å². The number of amides is 1. The van der Waals surface area contributed by atoms with Crippen molar-refractivity contribution < 1.29 is 9.53 Å². The summed E-state index contributed by atoms with van der Waals surface area (Å²) in [6.07, 6.45) is 1.96. The lowest BCUT2D eigenvalue weighted by molar-refractivity contribution is 0.0678. The van der Waals surface area contributed by atoms with Gasteiger partial charge in [-0.3, -0.25) is 4.79 Å². The average molecular weight is 338 g/mol. The number of rotatable bonds is 5. The number of nitrogens with two attached hydrogens (primary N) is 1. The zero-order valence-corrected chi connectivity index (χ0v) is 14.7. The molecular formula is C21H26N2O2. The molecule has 0 bridgehead atoms. The van der Waals surface area contributed by atoms with Gasteiger partial charge in [0.15, 0.2) is 0 Å². The Morgan fingerprint density at radius 3 is 2.44 bits per heavy atom. The number of hydrogen-bond donors (Lipinski definition) is 1. The minimum atomic E-state index is 0.0930. The van der Waals surface area contributed by atoms with Crippen LogP contribution in [0.3, 0.4) is 0 Å². The van der Waals surface area contributed by atoms with E-state index < -0.39 is 0 Å². The minimum absolute atomic E-state index is 0.0930. The van der Waals surface area contributed by atoms with E-state index in [0.29, 0.717) is 12.5 Å². The molecule has 2 aromatic rings.